The van der Waals surface area contributed by atoms with Crippen molar-refractivity contribution in [3.05, 3.63) is 168 Å². The van der Waals surface area contributed by atoms with Crippen LogP contribution in [-0.2, 0) is 4.79 Å². The van der Waals surface area contributed by atoms with Crippen LogP contribution in [0.4, 0.5) is 5.69 Å². The van der Waals surface area contributed by atoms with E-state index in [0.717, 1.165) is 15.9 Å². The molecule has 0 atom stereocenters. The van der Waals surface area contributed by atoms with Crippen LogP contribution in [0, 0.1) is 0 Å². The average molecular weight is 562 g/mol. The van der Waals surface area contributed by atoms with Crippen molar-refractivity contribution in [2.45, 2.75) is 0 Å². The standard InChI is InChI=1S/C34H26ClN2O2P/c35-32(31(34(39)36-27-18-8-2-9-19-27)37-33(38)26-16-6-1-7-17-26)40(28-20-10-3-11-21-28,29-22-12-4-13-23-29)30-24-14-5-15-25-30/h1-25H,(H-,36,37,38,39)/p+1. The number of hydrogen-bond donors (Lipinski definition) is 2. The molecule has 0 unspecified atom stereocenters. The van der Waals surface area contributed by atoms with E-state index in [0.29, 0.717) is 11.3 Å². The Labute approximate surface area is 239 Å². The Bertz CT molecular complexity index is 1520. The van der Waals surface area contributed by atoms with Gasteiger partial charge in [-0.3, -0.25) is 9.59 Å². The summed E-state index contributed by atoms with van der Waals surface area (Å²) in [5, 5.41) is 8.69. The molecule has 0 saturated heterocycles. The number of benzene rings is 5. The number of rotatable bonds is 8. The highest BCUT2D eigenvalue weighted by Crippen LogP contribution is 2.64. The molecule has 0 bridgehead atoms. The van der Waals surface area contributed by atoms with Gasteiger partial charge in [-0.25, -0.2) is 0 Å². The molecule has 196 valence electrons. The van der Waals surface area contributed by atoms with Crippen molar-refractivity contribution in [2.24, 2.45) is 0 Å². The van der Waals surface area contributed by atoms with Crippen molar-refractivity contribution in [3.8, 4) is 0 Å². The third-order valence-electron chi connectivity index (χ3n) is 6.46. The minimum atomic E-state index is -2.84. The molecule has 0 aliphatic heterocycles. The lowest BCUT2D eigenvalue weighted by molar-refractivity contribution is -0.113. The van der Waals surface area contributed by atoms with Crippen molar-refractivity contribution < 1.29 is 9.59 Å². The second-order valence-electron chi connectivity index (χ2n) is 8.98. The van der Waals surface area contributed by atoms with Crippen LogP contribution in [0.2, 0.25) is 0 Å². The fourth-order valence-electron chi connectivity index (χ4n) is 4.60. The molecule has 0 heterocycles. The molecule has 5 aromatic carbocycles. The molecule has 5 aromatic rings. The molecular formula is C34H27ClN2O2P+. The first kappa shape index (κ1) is 27.1. The van der Waals surface area contributed by atoms with Gasteiger partial charge < -0.3 is 10.6 Å². The molecule has 0 radical (unpaired) electrons. The van der Waals surface area contributed by atoms with Crippen molar-refractivity contribution in [2.75, 3.05) is 5.32 Å². The van der Waals surface area contributed by atoms with E-state index in [2.05, 4.69) is 10.6 Å². The molecule has 0 spiro atoms. The van der Waals surface area contributed by atoms with Crippen LogP contribution >= 0.6 is 18.9 Å². The van der Waals surface area contributed by atoms with E-state index in [4.69, 9.17) is 11.6 Å². The molecule has 2 amide bonds. The summed E-state index contributed by atoms with van der Waals surface area (Å²) in [5.41, 5.74) is 1.01. The SMILES string of the molecule is O=C(Nc1ccccc1)C(NC(=O)c1ccccc1)=C(Cl)[P+](c1ccccc1)(c1ccccc1)c1ccccc1. The average Bonchev–Trinajstić information content (AvgIpc) is 3.02. The lowest BCUT2D eigenvalue weighted by Crippen LogP contribution is -2.37. The molecule has 2 N–H and O–H groups in total. The summed E-state index contributed by atoms with van der Waals surface area (Å²) in [6.45, 7) is 0. The Morgan fingerprint density at radius 2 is 0.900 bits per heavy atom. The van der Waals surface area contributed by atoms with Gasteiger partial charge in [-0.1, -0.05) is 91.0 Å². The van der Waals surface area contributed by atoms with E-state index in [-0.39, 0.29) is 10.5 Å². The van der Waals surface area contributed by atoms with Crippen molar-refractivity contribution in [3.63, 3.8) is 0 Å². The molecule has 0 fully saturated rings. The molecular weight excluding hydrogens is 535 g/mol. The smallest absolute Gasteiger partial charge is 0.277 e. The first-order valence-corrected chi connectivity index (χ1v) is 15.0. The van der Waals surface area contributed by atoms with Gasteiger partial charge in [0.15, 0.2) is 13.0 Å². The number of anilines is 1. The normalized spacial score (nSPS) is 11.7. The number of halogens is 1. The van der Waals surface area contributed by atoms with Gasteiger partial charge in [0.05, 0.1) is 0 Å². The van der Waals surface area contributed by atoms with E-state index in [1.54, 1.807) is 36.4 Å². The fraction of sp³-hybridized carbons (Fsp3) is 0. The summed E-state index contributed by atoms with van der Waals surface area (Å²) in [4.78, 5) is 27.5. The Kier molecular flexibility index (Phi) is 8.51. The monoisotopic (exact) mass is 561 g/mol. The zero-order chi connectivity index (χ0) is 27.8. The number of nitrogens with one attached hydrogen (secondary N) is 2. The summed E-state index contributed by atoms with van der Waals surface area (Å²) in [6.07, 6.45) is 0. The quantitative estimate of drug-likeness (QED) is 0.169. The molecule has 0 aromatic heterocycles. The molecule has 5 rings (SSSR count). The zero-order valence-electron chi connectivity index (χ0n) is 21.6. The second kappa shape index (κ2) is 12.6. The number of hydrogen-bond acceptors (Lipinski definition) is 2. The Morgan fingerprint density at radius 1 is 0.525 bits per heavy atom. The van der Waals surface area contributed by atoms with Crippen LogP contribution in [0.3, 0.4) is 0 Å². The number of carbonyl (C=O) groups is 2. The molecule has 0 aliphatic carbocycles. The Balaban J connectivity index is 1.79. The van der Waals surface area contributed by atoms with Crippen LogP contribution in [0.15, 0.2) is 162 Å². The van der Waals surface area contributed by atoms with Gasteiger partial charge in [-0.15, -0.1) is 0 Å². The third-order valence-corrected chi connectivity index (χ3v) is 11.4. The lowest BCUT2D eigenvalue weighted by atomic mass is 10.2. The minimum Gasteiger partial charge on any atom is -0.321 e. The van der Waals surface area contributed by atoms with Gasteiger partial charge in [0, 0.05) is 11.3 Å². The van der Waals surface area contributed by atoms with Crippen LogP contribution < -0.4 is 26.5 Å². The maximum Gasteiger partial charge on any atom is 0.277 e. The van der Waals surface area contributed by atoms with Crippen molar-refractivity contribution in [1.29, 1.82) is 0 Å². The van der Waals surface area contributed by atoms with Gasteiger partial charge in [-0.2, -0.15) is 0 Å². The van der Waals surface area contributed by atoms with E-state index < -0.39 is 19.1 Å². The van der Waals surface area contributed by atoms with Gasteiger partial charge in [-0.05, 0) is 72.3 Å². The molecule has 4 nitrogen and oxygen atoms in total. The van der Waals surface area contributed by atoms with Gasteiger partial charge >= 0.3 is 0 Å². The van der Waals surface area contributed by atoms with Crippen LogP contribution in [0.25, 0.3) is 0 Å². The first-order valence-electron chi connectivity index (χ1n) is 12.8. The number of para-hydroxylation sites is 1. The van der Waals surface area contributed by atoms with Crippen LogP contribution in [0.1, 0.15) is 10.4 Å². The maximum atomic E-state index is 14.0. The first-order chi connectivity index (χ1) is 19.6. The highest BCUT2D eigenvalue weighted by Gasteiger charge is 2.52. The van der Waals surface area contributed by atoms with E-state index in [1.807, 2.05) is 115 Å². The van der Waals surface area contributed by atoms with Crippen LogP contribution in [0.5, 0.6) is 0 Å². The summed E-state index contributed by atoms with van der Waals surface area (Å²) in [6, 6.07) is 47.7. The zero-order valence-corrected chi connectivity index (χ0v) is 23.2. The lowest BCUT2D eigenvalue weighted by Gasteiger charge is -2.28. The molecule has 0 aliphatic rings. The van der Waals surface area contributed by atoms with Gasteiger partial charge in [0.1, 0.15) is 15.9 Å². The predicted octanol–water partition coefficient (Wildman–Crippen LogP) is 6.46. The summed E-state index contributed by atoms with van der Waals surface area (Å²) >= 11 is 7.52. The minimum absolute atomic E-state index is 0.00395. The van der Waals surface area contributed by atoms with E-state index in [1.165, 1.54) is 0 Å². The highest BCUT2D eigenvalue weighted by molar-refractivity contribution is 8.00. The molecule has 6 heteroatoms. The highest BCUT2D eigenvalue weighted by atomic mass is 35.5. The Hall–Kier alpha value is -4.50. The summed E-state index contributed by atoms with van der Waals surface area (Å²) < 4.78 is 0.272. The number of carbonyl (C=O) groups excluding carboxylic acids is 2. The third kappa shape index (κ3) is 5.60. The molecule has 40 heavy (non-hydrogen) atoms. The van der Waals surface area contributed by atoms with Crippen LogP contribution in [-0.4, -0.2) is 11.8 Å². The van der Waals surface area contributed by atoms with Crippen molar-refractivity contribution in [1.82, 2.24) is 5.32 Å². The van der Waals surface area contributed by atoms with E-state index >= 15 is 0 Å². The summed E-state index contributed by atoms with van der Waals surface area (Å²) in [5.74, 6) is -0.933. The second-order valence-corrected chi connectivity index (χ2v) is 13.0. The van der Waals surface area contributed by atoms with Crippen molar-refractivity contribution >= 4 is 52.3 Å². The van der Waals surface area contributed by atoms with Gasteiger partial charge in [0.25, 0.3) is 11.8 Å². The Morgan fingerprint density at radius 3 is 1.32 bits per heavy atom. The summed E-state index contributed by atoms with van der Waals surface area (Å²) in [7, 11) is -2.84. The molecule has 0 saturated carbocycles. The fourth-order valence-corrected chi connectivity index (χ4v) is 9.54. The van der Waals surface area contributed by atoms with Gasteiger partial charge in [0.2, 0.25) is 4.77 Å². The topological polar surface area (TPSA) is 58.2 Å². The number of amides is 2. The maximum absolute atomic E-state index is 14.0. The van der Waals surface area contributed by atoms with E-state index in [9.17, 15) is 9.59 Å². The largest absolute Gasteiger partial charge is 0.321 e. The predicted molar refractivity (Wildman–Crippen MR) is 167 cm³/mol.